The van der Waals surface area contributed by atoms with E-state index in [0.717, 1.165) is 22.3 Å². The highest BCUT2D eigenvalue weighted by Gasteiger charge is 2.20. The molecule has 0 aliphatic rings. The minimum absolute atomic E-state index is 0.0266. The molecule has 6 nitrogen and oxygen atoms in total. The molecule has 0 saturated carbocycles. The molecule has 2 rings (SSSR count). The van der Waals surface area contributed by atoms with Crippen molar-refractivity contribution >= 4 is 33.7 Å². The number of rotatable bonds is 7. The van der Waals surface area contributed by atoms with Gasteiger partial charge in [-0.25, -0.2) is 18.2 Å². The number of carbonyl (C=O) groups excluding carboxylic acids is 1. The Kier molecular flexibility index (Phi) is 6.84. The Balaban J connectivity index is 2.02. The summed E-state index contributed by atoms with van der Waals surface area (Å²) >= 11 is 5.85. The maximum atomic E-state index is 13.6. The number of amides is 1. The quantitative estimate of drug-likeness (QED) is 0.575. The molecule has 0 aromatic heterocycles. The van der Waals surface area contributed by atoms with E-state index < -0.39 is 28.3 Å². The minimum atomic E-state index is -3.61. The monoisotopic (exact) mass is 397 g/mol. The molecule has 0 bridgehead atoms. The van der Waals surface area contributed by atoms with E-state index in [0.29, 0.717) is 0 Å². The molecule has 26 heavy (non-hydrogen) atoms. The molecule has 0 unspecified atom stereocenters. The highest BCUT2D eigenvalue weighted by molar-refractivity contribution is 7.88. The number of hydrogen-bond acceptors (Lipinski definition) is 4. The van der Waals surface area contributed by atoms with E-state index in [4.69, 9.17) is 11.6 Å². The highest BCUT2D eigenvalue weighted by atomic mass is 35.5. The maximum Gasteiger partial charge on any atom is 0.255 e. The second kappa shape index (κ2) is 8.88. The zero-order valence-electron chi connectivity index (χ0n) is 13.9. The molecule has 0 atom stereocenters. The molecule has 0 saturated heterocycles. The minimum Gasteiger partial charge on any atom is -0.272 e. The standard InChI is InChI=1S/C17H17ClFN3O3S/c1-26(24,25)22(11-13-6-3-2-4-7-13)12-17(23)21-20-10-14-15(18)8-5-9-16(14)19/h2-10H,11-12H2,1H3,(H,21,23)/b20-10-. The third-order valence-corrected chi connectivity index (χ3v) is 4.90. The van der Waals surface area contributed by atoms with Gasteiger partial charge in [0.1, 0.15) is 5.82 Å². The van der Waals surface area contributed by atoms with Crippen molar-refractivity contribution in [3.05, 3.63) is 70.5 Å². The predicted molar refractivity (Wildman–Crippen MR) is 98.8 cm³/mol. The first-order valence-electron chi connectivity index (χ1n) is 7.52. The van der Waals surface area contributed by atoms with Gasteiger partial charge < -0.3 is 0 Å². The fraction of sp³-hybridized carbons (Fsp3) is 0.176. The van der Waals surface area contributed by atoms with Crippen LogP contribution in [-0.4, -0.2) is 37.6 Å². The largest absolute Gasteiger partial charge is 0.272 e. The molecule has 2 aromatic carbocycles. The third-order valence-electron chi connectivity index (χ3n) is 3.37. The van der Waals surface area contributed by atoms with Crippen LogP contribution < -0.4 is 5.43 Å². The molecule has 9 heteroatoms. The summed E-state index contributed by atoms with van der Waals surface area (Å²) in [6.45, 7) is -0.369. The van der Waals surface area contributed by atoms with E-state index in [1.54, 1.807) is 24.3 Å². The van der Waals surface area contributed by atoms with Crippen LogP contribution in [0.1, 0.15) is 11.1 Å². The van der Waals surface area contributed by atoms with E-state index in [1.165, 1.54) is 18.2 Å². The van der Waals surface area contributed by atoms with Crippen LogP contribution in [0.15, 0.2) is 53.6 Å². The van der Waals surface area contributed by atoms with Gasteiger partial charge in [-0.05, 0) is 17.7 Å². The molecule has 0 heterocycles. The molecule has 0 spiro atoms. The third kappa shape index (κ3) is 5.91. The van der Waals surface area contributed by atoms with Gasteiger partial charge in [0.2, 0.25) is 10.0 Å². The Labute approximate surface area is 156 Å². The molecule has 0 fully saturated rings. The summed E-state index contributed by atoms with van der Waals surface area (Å²) in [7, 11) is -3.61. The van der Waals surface area contributed by atoms with Gasteiger partial charge in [-0.1, -0.05) is 48.0 Å². The summed E-state index contributed by atoms with van der Waals surface area (Å²) in [6.07, 6.45) is 2.09. The van der Waals surface area contributed by atoms with Gasteiger partial charge in [0, 0.05) is 12.1 Å². The second-order valence-electron chi connectivity index (χ2n) is 5.45. The lowest BCUT2D eigenvalue weighted by atomic mass is 10.2. The van der Waals surface area contributed by atoms with Crippen molar-refractivity contribution in [2.75, 3.05) is 12.8 Å². The summed E-state index contributed by atoms with van der Waals surface area (Å²) < 4.78 is 38.4. The lowest BCUT2D eigenvalue weighted by Gasteiger charge is -2.18. The van der Waals surface area contributed by atoms with Crippen LogP contribution in [0.2, 0.25) is 5.02 Å². The first-order chi connectivity index (χ1) is 12.3. The van der Waals surface area contributed by atoms with E-state index >= 15 is 0 Å². The van der Waals surface area contributed by atoms with Crippen molar-refractivity contribution in [1.29, 1.82) is 0 Å². The van der Waals surface area contributed by atoms with Gasteiger partial charge in [0.05, 0.1) is 24.0 Å². The number of nitrogens with one attached hydrogen (secondary N) is 1. The lowest BCUT2D eigenvalue weighted by molar-refractivity contribution is -0.121. The topological polar surface area (TPSA) is 78.8 Å². The van der Waals surface area contributed by atoms with Crippen LogP contribution >= 0.6 is 11.6 Å². The number of hydrazone groups is 1. The molecule has 2 aromatic rings. The van der Waals surface area contributed by atoms with E-state index in [9.17, 15) is 17.6 Å². The fourth-order valence-corrected chi connectivity index (χ4v) is 3.02. The normalized spacial score (nSPS) is 11.8. The van der Waals surface area contributed by atoms with Crippen LogP contribution in [0.25, 0.3) is 0 Å². The molecule has 1 N–H and O–H groups in total. The summed E-state index contributed by atoms with van der Waals surface area (Å²) in [5.74, 6) is -1.24. The van der Waals surface area contributed by atoms with Crippen molar-refractivity contribution in [3.63, 3.8) is 0 Å². The Morgan fingerprint density at radius 1 is 1.23 bits per heavy atom. The SMILES string of the molecule is CS(=O)(=O)N(CC(=O)N/N=C\c1c(F)cccc1Cl)Cc1ccccc1. The van der Waals surface area contributed by atoms with Gasteiger partial charge in [-0.3, -0.25) is 4.79 Å². The maximum absolute atomic E-state index is 13.6. The first kappa shape index (κ1) is 20.0. The zero-order chi connectivity index (χ0) is 19.2. The Bertz CT molecular complexity index is 884. The van der Waals surface area contributed by atoms with Crippen molar-refractivity contribution in [3.8, 4) is 0 Å². The molecule has 0 radical (unpaired) electrons. The van der Waals surface area contributed by atoms with Gasteiger partial charge >= 0.3 is 0 Å². The predicted octanol–water partition coefficient (Wildman–Crippen LogP) is 2.39. The van der Waals surface area contributed by atoms with Crippen LogP contribution in [0.5, 0.6) is 0 Å². The number of benzene rings is 2. The van der Waals surface area contributed by atoms with Crippen LogP contribution in [0.4, 0.5) is 4.39 Å². The number of carbonyl (C=O) groups is 1. The van der Waals surface area contributed by atoms with Gasteiger partial charge in [0.15, 0.2) is 0 Å². The lowest BCUT2D eigenvalue weighted by Crippen LogP contribution is -2.38. The molecule has 0 aliphatic heterocycles. The van der Waals surface area contributed by atoms with E-state index in [1.807, 2.05) is 6.07 Å². The van der Waals surface area contributed by atoms with Crippen LogP contribution in [-0.2, 0) is 21.4 Å². The summed E-state index contributed by atoms with van der Waals surface area (Å²) in [4.78, 5) is 12.0. The van der Waals surface area contributed by atoms with E-state index in [-0.39, 0.29) is 17.1 Å². The molecular weight excluding hydrogens is 381 g/mol. The zero-order valence-corrected chi connectivity index (χ0v) is 15.5. The van der Waals surface area contributed by atoms with Gasteiger partial charge in [-0.15, -0.1) is 0 Å². The first-order valence-corrected chi connectivity index (χ1v) is 9.75. The smallest absolute Gasteiger partial charge is 0.255 e. The average Bonchev–Trinajstić information content (AvgIpc) is 2.57. The fourth-order valence-electron chi connectivity index (χ4n) is 2.08. The van der Waals surface area contributed by atoms with Gasteiger partial charge in [0.25, 0.3) is 5.91 Å². The van der Waals surface area contributed by atoms with E-state index in [2.05, 4.69) is 10.5 Å². The highest BCUT2D eigenvalue weighted by Crippen LogP contribution is 2.16. The number of sulfonamides is 1. The van der Waals surface area contributed by atoms with Crippen LogP contribution in [0.3, 0.4) is 0 Å². The van der Waals surface area contributed by atoms with Crippen molar-refractivity contribution in [2.24, 2.45) is 5.10 Å². The number of halogens is 2. The second-order valence-corrected chi connectivity index (χ2v) is 7.83. The Hall–Kier alpha value is -2.29. The average molecular weight is 398 g/mol. The summed E-state index contributed by atoms with van der Waals surface area (Å²) in [5, 5.41) is 3.78. The van der Waals surface area contributed by atoms with Crippen LogP contribution in [0, 0.1) is 5.82 Å². The van der Waals surface area contributed by atoms with Gasteiger partial charge in [-0.2, -0.15) is 9.41 Å². The molecule has 1 amide bonds. The molecular formula is C17H17ClFN3O3S. The number of hydrogen-bond donors (Lipinski definition) is 1. The summed E-state index contributed by atoms with van der Waals surface area (Å²) in [5.41, 5.74) is 2.94. The Morgan fingerprint density at radius 2 is 1.92 bits per heavy atom. The van der Waals surface area contributed by atoms with Crippen molar-refractivity contribution < 1.29 is 17.6 Å². The van der Waals surface area contributed by atoms with Crippen molar-refractivity contribution in [2.45, 2.75) is 6.54 Å². The Morgan fingerprint density at radius 3 is 2.54 bits per heavy atom. The summed E-state index contributed by atoms with van der Waals surface area (Å²) in [6, 6.07) is 13.0. The molecule has 138 valence electrons. The molecule has 0 aliphatic carbocycles. The number of nitrogens with zero attached hydrogens (tertiary/aromatic N) is 2. The van der Waals surface area contributed by atoms with Crippen molar-refractivity contribution in [1.82, 2.24) is 9.73 Å².